The Morgan fingerprint density at radius 2 is 1.84 bits per heavy atom. The van der Waals surface area contributed by atoms with E-state index in [1.165, 1.54) is 30.4 Å². The summed E-state index contributed by atoms with van der Waals surface area (Å²) in [6.45, 7) is 5.04. The normalized spacial score (nSPS) is 11.5. The molecule has 0 radical (unpaired) electrons. The number of hydrogen-bond donors (Lipinski definition) is 1. The number of carbonyl (C=O) groups excluding carboxylic acids is 1. The zero-order chi connectivity index (χ0) is 18.2. The van der Waals surface area contributed by atoms with Gasteiger partial charge in [-0.3, -0.25) is 9.52 Å². The lowest BCUT2D eigenvalue weighted by Crippen LogP contribution is -2.14. The summed E-state index contributed by atoms with van der Waals surface area (Å²) in [5.41, 5.74) is 2.73. The van der Waals surface area contributed by atoms with Gasteiger partial charge in [-0.05, 0) is 43.0 Å². The molecule has 0 aliphatic rings. The summed E-state index contributed by atoms with van der Waals surface area (Å²) in [4.78, 5) is 12.0. The largest absolute Gasteiger partial charge is 0.361 e. The molecule has 0 aliphatic heterocycles. The molecule has 6 nitrogen and oxygen atoms in total. The van der Waals surface area contributed by atoms with E-state index in [1.54, 1.807) is 30.5 Å². The molecule has 0 saturated carbocycles. The lowest BCUT2D eigenvalue weighted by Gasteiger charge is -2.09. The van der Waals surface area contributed by atoms with Crippen LogP contribution in [0.4, 0.5) is 5.69 Å². The fourth-order valence-electron chi connectivity index (χ4n) is 2.56. The SMILES string of the molecule is CC(=O)c1sccc1NS(=O)(=O)c1ccc(-c2c(C)noc2C)cc1. The maximum atomic E-state index is 12.6. The third kappa shape index (κ3) is 3.35. The molecular formula is C17H16N2O4S2. The third-order valence-corrected chi connectivity index (χ3v) is 6.11. The van der Waals surface area contributed by atoms with E-state index < -0.39 is 10.0 Å². The second-order valence-electron chi connectivity index (χ2n) is 5.55. The average Bonchev–Trinajstić information content (AvgIpc) is 3.14. The van der Waals surface area contributed by atoms with Gasteiger partial charge in [-0.1, -0.05) is 17.3 Å². The molecule has 0 saturated heterocycles. The van der Waals surface area contributed by atoms with E-state index in [2.05, 4.69) is 9.88 Å². The molecule has 3 aromatic rings. The van der Waals surface area contributed by atoms with E-state index >= 15 is 0 Å². The number of carbonyl (C=O) groups is 1. The van der Waals surface area contributed by atoms with E-state index in [-0.39, 0.29) is 10.7 Å². The number of Topliss-reactive ketones (excluding diaryl/α,β-unsaturated/α-hetero) is 1. The van der Waals surface area contributed by atoms with Crippen molar-refractivity contribution in [1.82, 2.24) is 5.16 Å². The van der Waals surface area contributed by atoms with Gasteiger partial charge in [-0.2, -0.15) is 0 Å². The molecule has 0 unspecified atom stereocenters. The number of hydrogen-bond acceptors (Lipinski definition) is 6. The highest BCUT2D eigenvalue weighted by molar-refractivity contribution is 7.92. The maximum Gasteiger partial charge on any atom is 0.261 e. The quantitative estimate of drug-likeness (QED) is 0.679. The zero-order valence-electron chi connectivity index (χ0n) is 13.9. The van der Waals surface area contributed by atoms with Gasteiger partial charge < -0.3 is 4.52 Å². The van der Waals surface area contributed by atoms with Gasteiger partial charge in [0.2, 0.25) is 0 Å². The monoisotopic (exact) mass is 376 g/mol. The summed E-state index contributed by atoms with van der Waals surface area (Å²) >= 11 is 1.20. The molecule has 2 heterocycles. The Morgan fingerprint density at radius 1 is 1.16 bits per heavy atom. The Bertz CT molecular complexity index is 1010. The second kappa shape index (κ2) is 6.45. The summed E-state index contributed by atoms with van der Waals surface area (Å²) < 4.78 is 32.7. The van der Waals surface area contributed by atoms with Gasteiger partial charge >= 0.3 is 0 Å². The number of aromatic nitrogens is 1. The number of anilines is 1. The van der Waals surface area contributed by atoms with Crippen molar-refractivity contribution in [2.45, 2.75) is 25.7 Å². The Kier molecular flexibility index (Phi) is 4.49. The first kappa shape index (κ1) is 17.4. The van der Waals surface area contributed by atoms with Crippen molar-refractivity contribution >= 4 is 32.8 Å². The van der Waals surface area contributed by atoms with Crippen LogP contribution in [0, 0.1) is 13.8 Å². The van der Waals surface area contributed by atoms with Crippen LogP contribution in [0.2, 0.25) is 0 Å². The van der Waals surface area contributed by atoms with Crippen LogP contribution in [0.15, 0.2) is 45.1 Å². The highest BCUT2D eigenvalue weighted by Gasteiger charge is 2.19. The molecule has 0 fully saturated rings. The molecule has 2 aromatic heterocycles. The number of sulfonamides is 1. The molecule has 0 atom stereocenters. The number of thiophene rings is 1. The molecule has 3 rings (SSSR count). The van der Waals surface area contributed by atoms with Crippen molar-refractivity contribution < 1.29 is 17.7 Å². The maximum absolute atomic E-state index is 12.6. The highest BCUT2D eigenvalue weighted by Crippen LogP contribution is 2.29. The van der Waals surface area contributed by atoms with Gasteiger partial charge in [0.05, 0.1) is 21.2 Å². The van der Waals surface area contributed by atoms with Gasteiger partial charge in [-0.15, -0.1) is 11.3 Å². The molecule has 0 spiro atoms. The first-order valence-electron chi connectivity index (χ1n) is 7.44. The summed E-state index contributed by atoms with van der Waals surface area (Å²) in [5.74, 6) is 0.497. The molecule has 130 valence electrons. The van der Waals surface area contributed by atoms with Gasteiger partial charge in [0.15, 0.2) is 5.78 Å². The number of ketones is 1. The molecular weight excluding hydrogens is 360 g/mol. The summed E-state index contributed by atoms with van der Waals surface area (Å²) in [7, 11) is -3.78. The fraction of sp³-hybridized carbons (Fsp3) is 0.176. The fourth-order valence-corrected chi connectivity index (χ4v) is 4.45. The first-order valence-corrected chi connectivity index (χ1v) is 9.80. The minimum atomic E-state index is -3.78. The topological polar surface area (TPSA) is 89.3 Å². The Labute approximate surface area is 149 Å². The van der Waals surface area contributed by atoms with Gasteiger partial charge in [0.1, 0.15) is 5.76 Å². The molecule has 0 amide bonds. The van der Waals surface area contributed by atoms with Crippen LogP contribution in [0.3, 0.4) is 0 Å². The number of aryl methyl sites for hydroxylation is 2. The van der Waals surface area contributed by atoms with Crippen LogP contribution in [0.5, 0.6) is 0 Å². The first-order chi connectivity index (χ1) is 11.8. The van der Waals surface area contributed by atoms with E-state index in [4.69, 9.17) is 4.52 Å². The number of benzene rings is 1. The number of rotatable bonds is 5. The Morgan fingerprint density at radius 3 is 2.40 bits per heavy atom. The van der Waals surface area contributed by atoms with E-state index in [1.807, 2.05) is 6.92 Å². The Hall–Kier alpha value is -2.45. The smallest absolute Gasteiger partial charge is 0.261 e. The number of nitrogens with zero attached hydrogens (tertiary/aromatic N) is 1. The van der Waals surface area contributed by atoms with Crippen LogP contribution in [-0.4, -0.2) is 19.4 Å². The predicted octanol–water partition coefficient (Wildman–Crippen LogP) is 4.02. The minimum Gasteiger partial charge on any atom is -0.361 e. The standard InChI is InChI=1S/C17H16N2O4S2/c1-10-16(12(3)23-18-10)13-4-6-14(7-5-13)25(21,22)19-15-8-9-24-17(15)11(2)20/h4-9,19H,1-3H3. The molecule has 25 heavy (non-hydrogen) atoms. The Balaban J connectivity index is 1.91. The average molecular weight is 376 g/mol. The lowest BCUT2D eigenvalue weighted by molar-refractivity contribution is 0.102. The van der Waals surface area contributed by atoms with Crippen LogP contribution in [0.25, 0.3) is 11.1 Å². The van der Waals surface area contributed by atoms with Gasteiger partial charge in [0, 0.05) is 12.5 Å². The van der Waals surface area contributed by atoms with Crippen molar-refractivity contribution in [2.24, 2.45) is 0 Å². The molecule has 0 aliphatic carbocycles. The summed E-state index contributed by atoms with van der Waals surface area (Å²) in [6, 6.07) is 8.03. The third-order valence-electron chi connectivity index (χ3n) is 3.72. The molecule has 1 N–H and O–H groups in total. The van der Waals surface area contributed by atoms with Crippen molar-refractivity contribution in [1.29, 1.82) is 0 Å². The van der Waals surface area contributed by atoms with Gasteiger partial charge in [-0.25, -0.2) is 8.42 Å². The summed E-state index contributed by atoms with van der Waals surface area (Å²) in [6.07, 6.45) is 0. The highest BCUT2D eigenvalue weighted by atomic mass is 32.2. The van der Waals surface area contributed by atoms with Crippen LogP contribution < -0.4 is 4.72 Å². The van der Waals surface area contributed by atoms with Crippen molar-refractivity contribution in [3.05, 3.63) is 52.0 Å². The number of nitrogens with one attached hydrogen (secondary N) is 1. The zero-order valence-corrected chi connectivity index (χ0v) is 15.5. The van der Waals surface area contributed by atoms with Crippen LogP contribution in [-0.2, 0) is 10.0 Å². The second-order valence-corrected chi connectivity index (χ2v) is 8.15. The molecule has 8 heteroatoms. The van der Waals surface area contributed by atoms with Crippen LogP contribution >= 0.6 is 11.3 Å². The van der Waals surface area contributed by atoms with E-state index in [0.717, 1.165) is 16.8 Å². The lowest BCUT2D eigenvalue weighted by atomic mass is 10.0. The van der Waals surface area contributed by atoms with E-state index in [9.17, 15) is 13.2 Å². The van der Waals surface area contributed by atoms with Crippen molar-refractivity contribution in [3.8, 4) is 11.1 Å². The van der Waals surface area contributed by atoms with Crippen LogP contribution in [0.1, 0.15) is 28.0 Å². The van der Waals surface area contributed by atoms with Crippen molar-refractivity contribution in [2.75, 3.05) is 4.72 Å². The minimum absolute atomic E-state index is 0.115. The van der Waals surface area contributed by atoms with Crippen molar-refractivity contribution in [3.63, 3.8) is 0 Å². The predicted molar refractivity (Wildman–Crippen MR) is 96.5 cm³/mol. The molecule has 1 aromatic carbocycles. The van der Waals surface area contributed by atoms with E-state index in [0.29, 0.717) is 16.3 Å². The van der Waals surface area contributed by atoms with Gasteiger partial charge in [0.25, 0.3) is 10.0 Å². The molecule has 0 bridgehead atoms. The summed E-state index contributed by atoms with van der Waals surface area (Å²) in [5, 5.41) is 5.58.